The lowest BCUT2D eigenvalue weighted by molar-refractivity contribution is 0.295. The average Bonchev–Trinajstić information content (AvgIpc) is 3.22. The fraction of sp³-hybridized carbons (Fsp3) is 0.654. The molecule has 0 saturated heterocycles. The van der Waals surface area contributed by atoms with Crippen molar-refractivity contribution in [2.75, 3.05) is 6.61 Å². The van der Waals surface area contributed by atoms with Gasteiger partial charge in [-0.2, -0.15) is 0 Å². The average molecular weight is 414 g/mol. The van der Waals surface area contributed by atoms with Crippen molar-refractivity contribution in [2.45, 2.75) is 103 Å². The first-order valence-electron chi connectivity index (χ1n) is 11.5. The van der Waals surface area contributed by atoms with E-state index >= 15 is 0 Å². The number of nitrogens with zero attached hydrogens (tertiary/aromatic N) is 1. The van der Waals surface area contributed by atoms with Gasteiger partial charge >= 0.3 is 0 Å². The molecule has 2 aliphatic carbocycles. The van der Waals surface area contributed by atoms with E-state index in [1.54, 1.807) is 0 Å². The predicted octanol–water partition coefficient (Wildman–Crippen LogP) is 7.60. The van der Waals surface area contributed by atoms with Gasteiger partial charge in [0.15, 0.2) is 0 Å². The van der Waals surface area contributed by atoms with Gasteiger partial charge in [0.25, 0.3) is 0 Å². The lowest BCUT2D eigenvalue weighted by atomic mass is 9.63. The summed E-state index contributed by atoms with van der Waals surface area (Å²) in [4.78, 5) is 5.06. The van der Waals surface area contributed by atoms with E-state index in [4.69, 9.17) is 10.1 Å². The summed E-state index contributed by atoms with van der Waals surface area (Å²) >= 11 is 1.88. The summed E-state index contributed by atoms with van der Waals surface area (Å²) in [5.74, 6) is 0.709. The molecule has 1 saturated carbocycles. The zero-order valence-electron chi connectivity index (χ0n) is 19.1. The molecule has 2 nitrogen and oxygen atoms in total. The van der Waals surface area contributed by atoms with Crippen molar-refractivity contribution < 1.29 is 5.11 Å². The van der Waals surface area contributed by atoms with Gasteiger partial charge in [-0.1, -0.05) is 66.0 Å². The molecule has 0 radical (unpaired) electrons. The maximum Gasteiger partial charge on any atom is 0.0963 e. The largest absolute Gasteiger partial charge is 0.396 e. The SMILES string of the molecule is CC1(C)CCC(C)(C)c2cc(-c3csc(C4CCCCC4)n3)ccc21.CCCO. The molecule has 0 unspecified atom stereocenters. The lowest BCUT2D eigenvalue weighted by Gasteiger charge is -2.42. The molecule has 3 heteroatoms. The number of hydrogen-bond acceptors (Lipinski definition) is 3. The Bertz CT molecular complexity index is 797. The van der Waals surface area contributed by atoms with Gasteiger partial charge in [-0.3, -0.25) is 0 Å². The van der Waals surface area contributed by atoms with Crippen molar-refractivity contribution in [3.63, 3.8) is 0 Å². The van der Waals surface area contributed by atoms with Crippen molar-refractivity contribution in [1.82, 2.24) is 4.98 Å². The van der Waals surface area contributed by atoms with Crippen LogP contribution in [0.5, 0.6) is 0 Å². The number of fused-ring (bicyclic) bond motifs is 1. The first kappa shape index (κ1) is 22.5. The number of aliphatic hydroxyl groups excluding tert-OH is 1. The summed E-state index contributed by atoms with van der Waals surface area (Å²) in [6.07, 6.45) is 10.2. The third kappa shape index (κ3) is 5.11. The monoisotopic (exact) mass is 413 g/mol. The molecule has 160 valence electrons. The highest BCUT2D eigenvalue weighted by molar-refractivity contribution is 7.10. The van der Waals surface area contributed by atoms with Crippen molar-refractivity contribution in [1.29, 1.82) is 0 Å². The molecular formula is C26H39NOS. The third-order valence-electron chi connectivity index (χ3n) is 6.85. The quantitative estimate of drug-likeness (QED) is 0.562. The summed E-state index contributed by atoms with van der Waals surface area (Å²) in [5.41, 5.74) is 6.13. The molecule has 0 aliphatic heterocycles. The van der Waals surface area contributed by atoms with Gasteiger partial charge in [0, 0.05) is 23.5 Å². The smallest absolute Gasteiger partial charge is 0.0963 e. The molecule has 1 heterocycles. The Hall–Kier alpha value is -1.19. The van der Waals surface area contributed by atoms with Crippen LogP contribution >= 0.6 is 11.3 Å². The Morgan fingerprint density at radius 1 is 1.00 bits per heavy atom. The van der Waals surface area contributed by atoms with Crippen LogP contribution < -0.4 is 0 Å². The molecule has 1 fully saturated rings. The van der Waals surface area contributed by atoms with E-state index in [9.17, 15) is 0 Å². The van der Waals surface area contributed by atoms with Crippen LogP contribution in [0.15, 0.2) is 23.6 Å². The molecule has 4 rings (SSSR count). The Kier molecular flexibility index (Phi) is 7.22. The summed E-state index contributed by atoms with van der Waals surface area (Å²) in [6.45, 7) is 11.8. The summed E-state index contributed by atoms with van der Waals surface area (Å²) in [5, 5.41) is 11.5. The molecule has 1 N–H and O–H groups in total. The maximum atomic E-state index is 7.88. The fourth-order valence-corrected chi connectivity index (χ4v) is 5.71. The predicted molar refractivity (Wildman–Crippen MR) is 126 cm³/mol. The molecule has 0 bridgehead atoms. The van der Waals surface area contributed by atoms with Gasteiger partial charge in [0.05, 0.1) is 10.7 Å². The van der Waals surface area contributed by atoms with Crippen LogP contribution in [0.3, 0.4) is 0 Å². The minimum absolute atomic E-state index is 0.267. The minimum Gasteiger partial charge on any atom is -0.396 e. The van der Waals surface area contributed by atoms with E-state index in [-0.39, 0.29) is 5.41 Å². The van der Waals surface area contributed by atoms with E-state index in [2.05, 4.69) is 51.3 Å². The standard InChI is InChI=1S/C23H31NS.C3H8O/c1-22(2)12-13-23(3,4)19-14-17(10-11-18(19)22)20-15-25-21(24-20)16-8-6-5-7-9-16;1-2-3-4/h10-11,14-16H,5-9,12-13H2,1-4H3;4H,2-3H2,1H3. The summed E-state index contributed by atoms with van der Waals surface area (Å²) in [7, 11) is 0. The molecule has 2 aliphatic rings. The first-order valence-corrected chi connectivity index (χ1v) is 12.4. The van der Waals surface area contributed by atoms with Crippen LogP contribution in [-0.2, 0) is 10.8 Å². The Balaban J connectivity index is 0.000000552. The van der Waals surface area contributed by atoms with Gasteiger partial charge in [0.2, 0.25) is 0 Å². The van der Waals surface area contributed by atoms with Crippen LogP contribution in [0.2, 0.25) is 0 Å². The second-order valence-corrected chi connectivity index (χ2v) is 11.0. The molecule has 2 aromatic rings. The molecule has 0 spiro atoms. The Morgan fingerprint density at radius 3 is 2.24 bits per heavy atom. The highest BCUT2D eigenvalue weighted by Crippen LogP contribution is 2.47. The Morgan fingerprint density at radius 2 is 1.62 bits per heavy atom. The van der Waals surface area contributed by atoms with Crippen molar-refractivity contribution in [2.24, 2.45) is 0 Å². The zero-order chi connectivity index (χ0) is 21.1. The third-order valence-corrected chi connectivity index (χ3v) is 7.86. The van der Waals surface area contributed by atoms with Crippen LogP contribution in [0.25, 0.3) is 11.3 Å². The van der Waals surface area contributed by atoms with Crippen LogP contribution in [-0.4, -0.2) is 16.7 Å². The van der Waals surface area contributed by atoms with E-state index in [0.29, 0.717) is 17.9 Å². The van der Waals surface area contributed by atoms with Gasteiger partial charge in [-0.15, -0.1) is 11.3 Å². The lowest BCUT2D eigenvalue weighted by Crippen LogP contribution is -2.33. The normalized spacial score (nSPS) is 20.5. The molecular weight excluding hydrogens is 374 g/mol. The first-order chi connectivity index (χ1) is 13.8. The van der Waals surface area contributed by atoms with Crippen LogP contribution in [0.1, 0.15) is 108 Å². The molecule has 0 atom stereocenters. The highest BCUT2D eigenvalue weighted by Gasteiger charge is 2.37. The molecule has 29 heavy (non-hydrogen) atoms. The van der Waals surface area contributed by atoms with Crippen molar-refractivity contribution in [3.8, 4) is 11.3 Å². The van der Waals surface area contributed by atoms with Gasteiger partial charge < -0.3 is 5.11 Å². The number of thiazole rings is 1. The molecule has 1 aromatic carbocycles. The van der Waals surface area contributed by atoms with Crippen molar-refractivity contribution >= 4 is 11.3 Å². The number of aliphatic hydroxyl groups is 1. The van der Waals surface area contributed by atoms with Crippen LogP contribution in [0, 0.1) is 0 Å². The number of hydrogen-bond donors (Lipinski definition) is 1. The van der Waals surface area contributed by atoms with E-state index < -0.39 is 0 Å². The van der Waals surface area contributed by atoms with E-state index in [0.717, 1.165) is 6.42 Å². The fourth-order valence-electron chi connectivity index (χ4n) is 4.71. The maximum absolute atomic E-state index is 7.88. The highest BCUT2D eigenvalue weighted by atomic mass is 32.1. The number of rotatable bonds is 3. The summed E-state index contributed by atoms with van der Waals surface area (Å²) in [6, 6.07) is 7.13. The topological polar surface area (TPSA) is 33.1 Å². The van der Waals surface area contributed by atoms with Gasteiger partial charge in [-0.05, 0) is 60.1 Å². The minimum atomic E-state index is 0.267. The van der Waals surface area contributed by atoms with Gasteiger partial charge in [-0.25, -0.2) is 4.98 Å². The number of benzene rings is 1. The van der Waals surface area contributed by atoms with Gasteiger partial charge in [0.1, 0.15) is 0 Å². The van der Waals surface area contributed by atoms with Crippen molar-refractivity contribution in [3.05, 3.63) is 39.7 Å². The molecule has 1 aromatic heterocycles. The number of aromatic nitrogens is 1. The second-order valence-electron chi connectivity index (χ2n) is 10.2. The Labute approximate surface area is 181 Å². The second kappa shape index (κ2) is 9.31. The zero-order valence-corrected chi connectivity index (χ0v) is 19.9. The van der Waals surface area contributed by atoms with E-state index in [1.165, 1.54) is 72.3 Å². The molecule has 0 amide bonds. The van der Waals surface area contributed by atoms with E-state index in [1.807, 2.05) is 18.3 Å². The summed E-state index contributed by atoms with van der Waals surface area (Å²) < 4.78 is 0. The van der Waals surface area contributed by atoms with Crippen LogP contribution in [0.4, 0.5) is 0 Å².